The minimum atomic E-state index is -0.992. The fraction of sp³-hybridized carbons (Fsp3) is 0.333. The van der Waals surface area contributed by atoms with Gasteiger partial charge in [-0.2, -0.15) is 0 Å². The predicted molar refractivity (Wildman–Crippen MR) is 107 cm³/mol. The SMILES string of the molecule is CC(C)(C)[S+]([O-])NCCCC=Cc1cccc(Oc2ccccc2)c1. The first-order chi connectivity index (χ1) is 11.9. The van der Waals surface area contributed by atoms with Crippen LogP contribution in [0.15, 0.2) is 60.7 Å². The number of benzene rings is 2. The third kappa shape index (κ3) is 7.34. The van der Waals surface area contributed by atoms with Crippen LogP contribution in [-0.4, -0.2) is 15.8 Å². The van der Waals surface area contributed by atoms with Crippen molar-refractivity contribution in [3.05, 3.63) is 66.2 Å². The summed E-state index contributed by atoms with van der Waals surface area (Å²) in [5.74, 6) is 1.66. The smallest absolute Gasteiger partial charge is 0.136 e. The van der Waals surface area contributed by atoms with E-state index in [-0.39, 0.29) is 4.75 Å². The van der Waals surface area contributed by atoms with Crippen LogP contribution < -0.4 is 9.46 Å². The zero-order valence-corrected chi connectivity index (χ0v) is 16.0. The average Bonchev–Trinajstić information content (AvgIpc) is 2.58. The standard InChI is InChI=1S/C21H27NO2S/c1-21(2,3)25(23)22-16-9-5-6-11-18-12-10-15-20(17-18)24-19-13-7-4-8-14-19/h4,6-8,10-15,17,22H,5,9,16H2,1-3H3. The fourth-order valence-corrected chi connectivity index (χ4v) is 2.89. The quantitative estimate of drug-likeness (QED) is 0.513. The van der Waals surface area contributed by atoms with E-state index in [1.807, 2.05) is 69.3 Å². The highest BCUT2D eigenvalue weighted by atomic mass is 32.2. The Kier molecular flexibility index (Phi) is 7.56. The van der Waals surface area contributed by atoms with Gasteiger partial charge in [0.1, 0.15) is 16.2 Å². The van der Waals surface area contributed by atoms with Crippen molar-refractivity contribution in [1.29, 1.82) is 0 Å². The average molecular weight is 358 g/mol. The Morgan fingerprint density at radius 3 is 2.48 bits per heavy atom. The lowest BCUT2D eigenvalue weighted by Crippen LogP contribution is -2.39. The molecule has 2 aromatic carbocycles. The summed E-state index contributed by atoms with van der Waals surface area (Å²) in [6, 6.07) is 17.8. The molecule has 1 N–H and O–H groups in total. The molecule has 1 unspecified atom stereocenters. The summed E-state index contributed by atoms with van der Waals surface area (Å²) in [6.07, 6.45) is 6.14. The van der Waals surface area contributed by atoms with Crippen molar-refractivity contribution in [2.75, 3.05) is 6.54 Å². The van der Waals surface area contributed by atoms with Gasteiger partial charge in [-0.3, -0.25) is 0 Å². The van der Waals surface area contributed by atoms with E-state index in [1.54, 1.807) is 0 Å². The van der Waals surface area contributed by atoms with E-state index in [0.717, 1.165) is 36.4 Å². The minimum absolute atomic E-state index is 0.213. The Hall–Kier alpha value is -1.75. The second-order valence-electron chi connectivity index (χ2n) is 6.81. The lowest BCUT2D eigenvalue weighted by Gasteiger charge is -2.23. The zero-order chi connectivity index (χ0) is 18.1. The van der Waals surface area contributed by atoms with Gasteiger partial charge in [-0.25, -0.2) is 0 Å². The van der Waals surface area contributed by atoms with Crippen LogP contribution in [0.1, 0.15) is 39.2 Å². The van der Waals surface area contributed by atoms with Gasteiger partial charge in [-0.05, 0) is 63.4 Å². The molecule has 0 heterocycles. The van der Waals surface area contributed by atoms with Gasteiger partial charge in [-0.15, -0.1) is 4.72 Å². The number of hydrogen-bond acceptors (Lipinski definition) is 3. The number of nitrogens with one attached hydrogen (secondary N) is 1. The summed E-state index contributed by atoms with van der Waals surface area (Å²) in [4.78, 5) is 0. The van der Waals surface area contributed by atoms with E-state index in [2.05, 4.69) is 22.9 Å². The Bertz CT molecular complexity index is 665. The number of allylic oxidation sites excluding steroid dienone is 1. The number of unbranched alkanes of at least 4 members (excludes halogenated alkanes) is 1. The lowest BCUT2D eigenvalue weighted by atomic mass is 10.2. The number of hydrogen-bond donors (Lipinski definition) is 1. The molecule has 2 aromatic rings. The van der Waals surface area contributed by atoms with Crippen LogP contribution in [0.25, 0.3) is 6.08 Å². The Morgan fingerprint density at radius 1 is 1.04 bits per heavy atom. The largest absolute Gasteiger partial charge is 0.598 e. The molecule has 0 aromatic heterocycles. The van der Waals surface area contributed by atoms with E-state index in [1.165, 1.54) is 0 Å². The normalized spacial score (nSPS) is 13.1. The van der Waals surface area contributed by atoms with E-state index in [9.17, 15) is 4.55 Å². The molecule has 0 aliphatic rings. The monoisotopic (exact) mass is 357 g/mol. The molecule has 0 saturated carbocycles. The van der Waals surface area contributed by atoms with Crippen molar-refractivity contribution in [2.45, 2.75) is 38.4 Å². The van der Waals surface area contributed by atoms with E-state index < -0.39 is 11.4 Å². The van der Waals surface area contributed by atoms with Crippen LogP contribution in [0.3, 0.4) is 0 Å². The summed E-state index contributed by atoms with van der Waals surface area (Å²) in [5, 5.41) is 0. The second-order valence-corrected chi connectivity index (χ2v) is 8.86. The third-order valence-corrected chi connectivity index (χ3v) is 5.06. The van der Waals surface area contributed by atoms with Crippen LogP contribution in [-0.2, 0) is 11.4 Å². The van der Waals surface area contributed by atoms with Crippen molar-refractivity contribution in [2.24, 2.45) is 0 Å². The number of ether oxygens (including phenoxy) is 1. The van der Waals surface area contributed by atoms with Gasteiger partial charge in [0.15, 0.2) is 0 Å². The summed E-state index contributed by atoms with van der Waals surface area (Å²) < 4.78 is 20.6. The molecule has 2 rings (SSSR count). The summed E-state index contributed by atoms with van der Waals surface area (Å²) in [7, 11) is 0. The molecule has 0 aliphatic carbocycles. The molecule has 0 amide bonds. The highest BCUT2D eigenvalue weighted by Crippen LogP contribution is 2.22. The predicted octanol–water partition coefficient (Wildman–Crippen LogP) is 5.32. The molecule has 0 fully saturated rings. The molecule has 1 atom stereocenters. The minimum Gasteiger partial charge on any atom is -0.598 e. The first-order valence-corrected chi connectivity index (χ1v) is 9.75. The molecule has 4 heteroatoms. The van der Waals surface area contributed by atoms with Crippen LogP contribution in [0.5, 0.6) is 11.5 Å². The highest BCUT2D eigenvalue weighted by molar-refractivity contribution is 7.90. The van der Waals surface area contributed by atoms with Crippen molar-refractivity contribution in [1.82, 2.24) is 4.72 Å². The van der Waals surface area contributed by atoms with Crippen LogP contribution in [0, 0.1) is 0 Å². The molecule has 0 saturated heterocycles. The van der Waals surface area contributed by atoms with Gasteiger partial charge in [0.2, 0.25) is 0 Å². The molecular weight excluding hydrogens is 330 g/mol. The molecular formula is C21H27NO2S. The fourth-order valence-electron chi connectivity index (χ4n) is 2.13. The van der Waals surface area contributed by atoms with Crippen molar-refractivity contribution >= 4 is 17.4 Å². The topological polar surface area (TPSA) is 44.3 Å². The number of rotatable bonds is 8. The first-order valence-electron chi connectivity index (χ1n) is 8.60. The Labute approximate surface area is 154 Å². The highest BCUT2D eigenvalue weighted by Gasteiger charge is 2.25. The summed E-state index contributed by atoms with van der Waals surface area (Å²) in [5.41, 5.74) is 1.11. The summed E-state index contributed by atoms with van der Waals surface area (Å²) >= 11 is -0.992. The Morgan fingerprint density at radius 2 is 1.76 bits per heavy atom. The maximum Gasteiger partial charge on any atom is 0.136 e. The van der Waals surface area contributed by atoms with Gasteiger partial charge >= 0.3 is 0 Å². The zero-order valence-electron chi connectivity index (χ0n) is 15.2. The molecule has 0 aliphatic heterocycles. The summed E-state index contributed by atoms with van der Waals surface area (Å²) in [6.45, 7) is 6.67. The van der Waals surface area contributed by atoms with Gasteiger partial charge in [0.05, 0.1) is 0 Å². The van der Waals surface area contributed by atoms with Crippen LogP contribution >= 0.6 is 0 Å². The first kappa shape index (κ1) is 19.6. The molecule has 25 heavy (non-hydrogen) atoms. The maximum absolute atomic E-state index is 11.9. The maximum atomic E-state index is 11.9. The molecule has 3 nitrogen and oxygen atoms in total. The second kappa shape index (κ2) is 9.66. The number of para-hydroxylation sites is 1. The molecule has 0 bridgehead atoms. The van der Waals surface area contributed by atoms with Crippen LogP contribution in [0.2, 0.25) is 0 Å². The van der Waals surface area contributed by atoms with Gasteiger partial charge < -0.3 is 9.29 Å². The van der Waals surface area contributed by atoms with Gasteiger partial charge in [0, 0.05) is 17.9 Å². The van der Waals surface area contributed by atoms with Crippen molar-refractivity contribution < 1.29 is 9.29 Å². The van der Waals surface area contributed by atoms with Crippen LogP contribution in [0.4, 0.5) is 0 Å². The molecule has 0 radical (unpaired) electrons. The Balaban J connectivity index is 1.77. The van der Waals surface area contributed by atoms with Gasteiger partial charge in [0.25, 0.3) is 0 Å². The molecule has 134 valence electrons. The molecule has 0 spiro atoms. The lowest BCUT2D eigenvalue weighted by molar-refractivity contribution is 0.482. The van der Waals surface area contributed by atoms with Gasteiger partial charge in [-0.1, -0.05) is 42.5 Å². The van der Waals surface area contributed by atoms with Crippen molar-refractivity contribution in [3.63, 3.8) is 0 Å². The van der Waals surface area contributed by atoms with E-state index in [4.69, 9.17) is 4.74 Å². The third-order valence-electron chi connectivity index (χ3n) is 3.48. The van der Waals surface area contributed by atoms with E-state index >= 15 is 0 Å². The van der Waals surface area contributed by atoms with E-state index in [0.29, 0.717) is 0 Å². The van der Waals surface area contributed by atoms with Crippen molar-refractivity contribution in [3.8, 4) is 11.5 Å².